The lowest BCUT2D eigenvalue weighted by molar-refractivity contribution is -0.125. The van der Waals surface area contributed by atoms with Crippen LogP contribution >= 0.6 is 11.3 Å². The fraction of sp³-hybridized carbons (Fsp3) is 0.421. The normalized spacial score (nSPS) is 17.6. The number of rotatable bonds is 5. The number of anilines is 1. The molecular weight excluding hydrogens is 348 g/mol. The van der Waals surface area contributed by atoms with E-state index >= 15 is 0 Å². The van der Waals surface area contributed by atoms with Gasteiger partial charge in [-0.05, 0) is 37.5 Å². The van der Waals surface area contributed by atoms with Crippen LogP contribution in [0.25, 0.3) is 10.2 Å². The number of nitrogens with zero attached hydrogens (tertiary/aromatic N) is 3. The molecule has 1 saturated heterocycles. The first-order valence-corrected chi connectivity index (χ1v) is 9.84. The Bertz CT molecular complexity index is 890. The minimum Gasteiger partial charge on any atom is -0.467 e. The van der Waals surface area contributed by atoms with Crippen molar-refractivity contribution in [3.63, 3.8) is 0 Å². The van der Waals surface area contributed by atoms with Gasteiger partial charge in [0.25, 0.3) is 0 Å². The molecule has 1 unspecified atom stereocenters. The number of hydrogen-bond donors (Lipinski definition) is 1. The molecule has 1 atom stereocenters. The number of amides is 1. The van der Waals surface area contributed by atoms with Crippen LogP contribution in [0.4, 0.5) is 5.82 Å². The van der Waals surface area contributed by atoms with Crippen molar-refractivity contribution in [2.45, 2.75) is 32.7 Å². The van der Waals surface area contributed by atoms with Crippen molar-refractivity contribution in [3.05, 3.63) is 41.4 Å². The van der Waals surface area contributed by atoms with Crippen molar-refractivity contribution < 1.29 is 9.21 Å². The number of furan rings is 1. The lowest BCUT2D eigenvalue weighted by Crippen LogP contribution is -2.43. The highest BCUT2D eigenvalue weighted by atomic mass is 32.1. The number of aryl methyl sites for hydroxylation is 1. The highest BCUT2D eigenvalue weighted by Crippen LogP contribution is 2.32. The van der Waals surface area contributed by atoms with Crippen LogP contribution in [0, 0.1) is 5.92 Å². The maximum absolute atomic E-state index is 12.6. The van der Waals surface area contributed by atoms with Crippen molar-refractivity contribution in [1.82, 2.24) is 15.3 Å². The number of carbonyl (C=O) groups excluding carboxylic acids is 1. The summed E-state index contributed by atoms with van der Waals surface area (Å²) < 4.78 is 5.28. The quantitative estimate of drug-likeness (QED) is 0.745. The van der Waals surface area contributed by atoms with Gasteiger partial charge in [0.2, 0.25) is 5.91 Å². The summed E-state index contributed by atoms with van der Waals surface area (Å²) in [7, 11) is 0. The van der Waals surface area contributed by atoms with E-state index in [-0.39, 0.29) is 11.8 Å². The number of piperidine rings is 1. The van der Waals surface area contributed by atoms with Crippen molar-refractivity contribution in [3.8, 4) is 0 Å². The van der Waals surface area contributed by atoms with Crippen molar-refractivity contribution >= 4 is 33.3 Å². The first-order chi connectivity index (χ1) is 12.7. The second-order valence-corrected chi connectivity index (χ2v) is 7.68. The van der Waals surface area contributed by atoms with E-state index < -0.39 is 0 Å². The standard InChI is InChI=1S/C19H22N4O2S/c1-2-15-9-16-17(21-12-22-19(16)26-15)23-7-3-5-13(11-23)18(24)20-10-14-6-4-8-25-14/h4,6,8-9,12-13H,2-3,5,7,10-11H2,1H3,(H,20,24). The van der Waals surface area contributed by atoms with Crippen LogP contribution in [-0.2, 0) is 17.8 Å². The van der Waals surface area contributed by atoms with Crippen LogP contribution in [0.15, 0.2) is 35.2 Å². The topological polar surface area (TPSA) is 71.3 Å². The zero-order valence-corrected chi connectivity index (χ0v) is 15.6. The Labute approximate surface area is 156 Å². The summed E-state index contributed by atoms with van der Waals surface area (Å²) in [6, 6.07) is 5.89. The number of nitrogens with one attached hydrogen (secondary N) is 1. The summed E-state index contributed by atoms with van der Waals surface area (Å²) in [6.07, 6.45) is 6.13. The summed E-state index contributed by atoms with van der Waals surface area (Å²) >= 11 is 1.72. The maximum Gasteiger partial charge on any atom is 0.225 e. The third kappa shape index (κ3) is 3.44. The zero-order valence-electron chi connectivity index (χ0n) is 14.8. The third-order valence-electron chi connectivity index (χ3n) is 4.82. The Balaban J connectivity index is 1.48. The van der Waals surface area contributed by atoms with Crippen LogP contribution in [0.3, 0.4) is 0 Å². The molecule has 0 aromatic carbocycles. The van der Waals surface area contributed by atoms with E-state index in [1.165, 1.54) is 4.88 Å². The van der Waals surface area contributed by atoms with Gasteiger partial charge in [-0.1, -0.05) is 6.92 Å². The van der Waals surface area contributed by atoms with E-state index in [9.17, 15) is 4.79 Å². The van der Waals surface area contributed by atoms with Gasteiger partial charge in [-0.25, -0.2) is 9.97 Å². The van der Waals surface area contributed by atoms with Crippen LogP contribution in [0.5, 0.6) is 0 Å². The molecule has 0 bridgehead atoms. The average Bonchev–Trinajstić information content (AvgIpc) is 3.35. The molecule has 136 valence electrons. The predicted octanol–water partition coefficient (Wildman–Crippen LogP) is 3.38. The second-order valence-electron chi connectivity index (χ2n) is 6.56. The van der Waals surface area contributed by atoms with Crippen LogP contribution < -0.4 is 10.2 Å². The van der Waals surface area contributed by atoms with Gasteiger partial charge in [0.05, 0.1) is 24.1 Å². The molecule has 0 radical (unpaired) electrons. The van der Waals surface area contributed by atoms with Gasteiger partial charge in [-0.3, -0.25) is 4.79 Å². The second kappa shape index (κ2) is 7.45. The van der Waals surface area contributed by atoms with Gasteiger partial charge < -0.3 is 14.6 Å². The molecular formula is C19H22N4O2S. The molecule has 6 nitrogen and oxygen atoms in total. The molecule has 7 heteroatoms. The number of fused-ring (bicyclic) bond motifs is 1. The molecule has 1 aliphatic rings. The Morgan fingerprint density at radius 2 is 2.38 bits per heavy atom. The summed E-state index contributed by atoms with van der Waals surface area (Å²) in [5, 5.41) is 4.09. The number of thiophene rings is 1. The largest absolute Gasteiger partial charge is 0.467 e. The van der Waals surface area contributed by atoms with E-state index in [2.05, 4.69) is 33.2 Å². The molecule has 1 fully saturated rings. The molecule has 3 aromatic rings. The Kier molecular flexibility index (Phi) is 4.88. The highest BCUT2D eigenvalue weighted by Gasteiger charge is 2.27. The van der Waals surface area contributed by atoms with Crippen LogP contribution in [0.1, 0.15) is 30.4 Å². The lowest BCUT2D eigenvalue weighted by atomic mass is 9.97. The van der Waals surface area contributed by atoms with E-state index in [1.54, 1.807) is 23.9 Å². The van der Waals surface area contributed by atoms with Crippen molar-refractivity contribution in [2.24, 2.45) is 5.92 Å². The maximum atomic E-state index is 12.6. The predicted molar refractivity (Wildman–Crippen MR) is 102 cm³/mol. The molecule has 0 aliphatic carbocycles. The molecule has 1 N–H and O–H groups in total. The first kappa shape index (κ1) is 17.0. The summed E-state index contributed by atoms with van der Waals surface area (Å²) in [6.45, 7) is 4.20. The lowest BCUT2D eigenvalue weighted by Gasteiger charge is -2.33. The van der Waals surface area contributed by atoms with Crippen molar-refractivity contribution in [1.29, 1.82) is 0 Å². The minimum absolute atomic E-state index is 0.0343. The summed E-state index contributed by atoms with van der Waals surface area (Å²) in [4.78, 5) is 26.1. The Hall–Kier alpha value is -2.41. The summed E-state index contributed by atoms with van der Waals surface area (Å²) in [5.41, 5.74) is 0. The van der Waals surface area contributed by atoms with Crippen LogP contribution in [-0.4, -0.2) is 29.0 Å². The molecule has 26 heavy (non-hydrogen) atoms. The van der Waals surface area contributed by atoms with Gasteiger partial charge >= 0.3 is 0 Å². The number of aromatic nitrogens is 2. The highest BCUT2D eigenvalue weighted by molar-refractivity contribution is 7.18. The fourth-order valence-corrected chi connectivity index (χ4v) is 4.36. The number of carbonyl (C=O) groups is 1. The smallest absolute Gasteiger partial charge is 0.225 e. The van der Waals surface area contributed by atoms with Gasteiger partial charge in [-0.15, -0.1) is 11.3 Å². The van der Waals surface area contributed by atoms with Crippen LogP contribution in [0.2, 0.25) is 0 Å². The third-order valence-corrected chi connectivity index (χ3v) is 6.00. The van der Waals surface area contributed by atoms with E-state index in [1.807, 2.05) is 12.1 Å². The average molecular weight is 370 g/mol. The first-order valence-electron chi connectivity index (χ1n) is 9.03. The molecule has 1 aliphatic heterocycles. The van der Waals surface area contributed by atoms with E-state index in [0.717, 1.165) is 47.6 Å². The molecule has 0 saturated carbocycles. The molecule has 0 spiro atoms. The Morgan fingerprint density at radius 1 is 1.46 bits per heavy atom. The molecule has 4 rings (SSSR count). The summed E-state index contributed by atoms with van der Waals surface area (Å²) in [5.74, 6) is 1.77. The molecule has 4 heterocycles. The molecule has 3 aromatic heterocycles. The fourth-order valence-electron chi connectivity index (χ4n) is 3.43. The van der Waals surface area contributed by atoms with Crippen molar-refractivity contribution in [2.75, 3.05) is 18.0 Å². The SMILES string of the molecule is CCc1cc2c(N3CCCC(C(=O)NCc4ccco4)C3)ncnc2s1. The molecule has 1 amide bonds. The van der Waals surface area contributed by atoms with E-state index in [0.29, 0.717) is 13.1 Å². The van der Waals surface area contributed by atoms with E-state index in [4.69, 9.17) is 4.42 Å². The Morgan fingerprint density at radius 3 is 3.19 bits per heavy atom. The van der Waals surface area contributed by atoms with Gasteiger partial charge in [0, 0.05) is 18.0 Å². The monoisotopic (exact) mass is 370 g/mol. The van der Waals surface area contributed by atoms with Gasteiger partial charge in [-0.2, -0.15) is 0 Å². The zero-order chi connectivity index (χ0) is 17.9. The minimum atomic E-state index is -0.0343. The van der Waals surface area contributed by atoms with Gasteiger partial charge in [0.15, 0.2) is 0 Å². The number of hydrogen-bond acceptors (Lipinski definition) is 6. The van der Waals surface area contributed by atoms with Gasteiger partial charge in [0.1, 0.15) is 22.7 Å².